The van der Waals surface area contributed by atoms with E-state index in [1.54, 1.807) is 6.92 Å². The van der Waals surface area contributed by atoms with Crippen LogP contribution in [0.1, 0.15) is 5.56 Å². The highest BCUT2D eigenvalue weighted by Gasteiger charge is 2.34. The molecular weight excluding hydrogens is 352 g/mol. The second-order valence-electron chi connectivity index (χ2n) is 5.37. The van der Waals surface area contributed by atoms with Crippen LogP contribution >= 0.6 is 0 Å². The van der Waals surface area contributed by atoms with Crippen LogP contribution in [-0.2, 0) is 24.4 Å². The molecular formula is C15H18N2O7S. The van der Waals surface area contributed by atoms with E-state index in [0.29, 0.717) is 5.56 Å². The van der Waals surface area contributed by atoms with Crippen LogP contribution < -0.4 is 5.32 Å². The first-order valence-corrected chi connectivity index (χ1v) is 8.69. The number of anilines is 1. The van der Waals surface area contributed by atoms with E-state index in [4.69, 9.17) is 9.66 Å². The molecule has 0 saturated heterocycles. The summed E-state index contributed by atoms with van der Waals surface area (Å²) in [6, 6.07) is 3.84. The number of nitrogens with zero attached hydrogens (tertiary/aromatic N) is 1. The number of carbonyl (C=O) groups excluding carboxylic acids is 2. The second kappa shape index (κ2) is 7.21. The molecule has 10 heteroatoms. The number of aliphatic hydroxyl groups excluding tert-OH is 1. The molecule has 0 spiro atoms. The van der Waals surface area contributed by atoms with Gasteiger partial charge >= 0.3 is 5.97 Å². The van der Waals surface area contributed by atoms with E-state index in [9.17, 15) is 18.0 Å². The molecule has 0 aliphatic carbocycles. The lowest BCUT2D eigenvalue weighted by Gasteiger charge is -2.15. The maximum atomic E-state index is 12.4. The van der Waals surface area contributed by atoms with Crippen molar-refractivity contribution in [1.29, 1.82) is 0 Å². The van der Waals surface area contributed by atoms with E-state index < -0.39 is 22.0 Å². The van der Waals surface area contributed by atoms with Crippen molar-refractivity contribution in [2.45, 2.75) is 11.8 Å². The standard InChI is InChI=1S/C15H18N2O7S/c1-9-3-4-10(25(21,22)23)7-12(9)16-13-11(15(20)24-2)8-17(5-6-18)14(13)19/h3-4,7,16,18H,5-6,8H2,1-2H3,(H,21,22,23). The topological polar surface area (TPSA) is 133 Å². The first kappa shape index (κ1) is 18.9. The van der Waals surface area contributed by atoms with E-state index in [2.05, 4.69) is 10.1 Å². The van der Waals surface area contributed by atoms with Gasteiger partial charge in [-0.05, 0) is 24.6 Å². The molecule has 1 aliphatic rings. The third-order valence-electron chi connectivity index (χ3n) is 3.72. The third kappa shape index (κ3) is 3.98. The normalized spacial score (nSPS) is 14.9. The molecule has 9 nitrogen and oxygen atoms in total. The van der Waals surface area contributed by atoms with Crippen molar-refractivity contribution in [1.82, 2.24) is 4.90 Å². The molecule has 0 radical (unpaired) electrons. The van der Waals surface area contributed by atoms with Crippen molar-refractivity contribution >= 4 is 27.7 Å². The lowest BCUT2D eigenvalue weighted by Crippen LogP contribution is -2.31. The summed E-state index contributed by atoms with van der Waals surface area (Å²) in [7, 11) is -3.24. The molecule has 0 aromatic heterocycles. The van der Waals surface area contributed by atoms with E-state index in [1.807, 2.05) is 0 Å². The predicted octanol–water partition coefficient (Wildman–Crippen LogP) is -0.0848. The fourth-order valence-corrected chi connectivity index (χ4v) is 2.89. The molecule has 1 aromatic carbocycles. The summed E-state index contributed by atoms with van der Waals surface area (Å²) in [4.78, 5) is 25.3. The molecule has 0 saturated carbocycles. The number of carbonyl (C=O) groups is 2. The number of benzene rings is 1. The summed E-state index contributed by atoms with van der Waals surface area (Å²) >= 11 is 0. The van der Waals surface area contributed by atoms with Crippen molar-refractivity contribution in [2.24, 2.45) is 0 Å². The van der Waals surface area contributed by atoms with Gasteiger partial charge in [0, 0.05) is 12.2 Å². The van der Waals surface area contributed by atoms with Crippen molar-refractivity contribution in [3.8, 4) is 0 Å². The molecule has 2 rings (SSSR count). The Balaban J connectivity index is 2.45. The summed E-state index contributed by atoms with van der Waals surface area (Å²) < 4.78 is 36.4. The number of β-amino-alcohol motifs (C(OH)–C–C–N with tert-alkyl or cyclic N) is 1. The molecule has 0 fully saturated rings. The van der Waals surface area contributed by atoms with Gasteiger partial charge < -0.3 is 20.1 Å². The molecule has 1 aliphatic heterocycles. The monoisotopic (exact) mass is 370 g/mol. The average Bonchev–Trinajstić information content (AvgIpc) is 2.85. The highest BCUT2D eigenvalue weighted by Crippen LogP contribution is 2.26. The predicted molar refractivity (Wildman–Crippen MR) is 87.3 cm³/mol. The van der Waals surface area contributed by atoms with Gasteiger partial charge in [-0.1, -0.05) is 6.07 Å². The van der Waals surface area contributed by atoms with E-state index in [0.717, 1.165) is 6.07 Å². The fraction of sp³-hybridized carbons (Fsp3) is 0.333. The second-order valence-corrected chi connectivity index (χ2v) is 6.79. The number of aliphatic hydroxyl groups is 1. The average molecular weight is 370 g/mol. The van der Waals surface area contributed by atoms with Crippen LogP contribution in [-0.4, -0.2) is 61.7 Å². The highest BCUT2D eigenvalue weighted by atomic mass is 32.2. The van der Waals surface area contributed by atoms with Crippen molar-refractivity contribution in [2.75, 3.05) is 32.1 Å². The Morgan fingerprint density at radius 3 is 2.64 bits per heavy atom. The van der Waals surface area contributed by atoms with Gasteiger partial charge in [-0.25, -0.2) is 4.79 Å². The number of amides is 1. The summed E-state index contributed by atoms with van der Waals surface area (Å²) in [5, 5.41) is 11.8. The molecule has 1 aromatic rings. The Morgan fingerprint density at radius 2 is 2.08 bits per heavy atom. The van der Waals surface area contributed by atoms with Gasteiger partial charge in [0.2, 0.25) is 0 Å². The quantitative estimate of drug-likeness (QED) is 0.468. The van der Waals surface area contributed by atoms with Crippen molar-refractivity contribution < 1.29 is 32.4 Å². The number of aryl methyl sites for hydroxylation is 1. The van der Waals surface area contributed by atoms with Crippen LogP contribution in [0.4, 0.5) is 5.69 Å². The SMILES string of the molecule is COC(=O)C1=C(Nc2cc(S(=O)(=O)O)ccc2C)C(=O)N(CCO)C1. The largest absolute Gasteiger partial charge is 0.466 e. The molecule has 25 heavy (non-hydrogen) atoms. The molecule has 0 bridgehead atoms. The van der Waals surface area contributed by atoms with Crippen LogP contribution in [0.5, 0.6) is 0 Å². The molecule has 1 heterocycles. The molecule has 3 N–H and O–H groups in total. The maximum Gasteiger partial charge on any atom is 0.337 e. The van der Waals surface area contributed by atoms with Gasteiger partial charge in [-0.2, -0.15) is 8.42 Å². The molecule has 136 valence electrons. The van der Waals surface area contributed by atoms with Gasteiger partial charge in [0.1, 0.15) is 5.70 Å². The Kier molecular flexibility index (Phi) is 5.45. The Bertz CT molecular complexity index is 845. The minimum atomic E-state index is -4.42. The Labute approximate surface area is 144 Å². The van der Waals surface area contributed by atoms with Gasteiger partial charge in [0.15, 0.2) is 0 Å². The smallest absolute Gasteiger partial charge is 0.337 e. The minimum absolute atomic E-state index is 0.0363. The summed E-state index contributed by atoms with van der Waals surface area (Å²) in [5.41, 5.74) is 0.844. The number of hydrogen-bond donors (Lipinski definition) is 3. The van der Waals surface area contributed by atoms with Gasteiger partial charge in [-0.3, -0.25) is 9.35 Å². The number of rotatable bonds is 6. The van der Waals surface area contributed by atoms with Crippen molar-refractivity contribution in [3.63, 3.8) is 0 Å². The molecule has 1 amide bonds. The number of nitrogens with one attached hydrogen (secondary N) is 1. The fourth-order valence-electron chi connectivity index (χ4n) is 2.38. The highest BCUT2D eigenvalue weighted by molar-refractivity contribution is 7.85. The minimum Gasteiger partial charge on any atom is -0.466 e. The number of esters is 1. The molecule has 0 unspecified atom stereocenters. The van der Waals surface area contributed by atoms with E-state index in [1.165, 1.54) is 24.1 Å². The van der Waals surface area contributed by atoms with Gasteiger partial charge in [0.05, 0.1) is 30.7 Å². The lowest BCUT2D eigenvalue weighted by atomic mass is 10.1. The summed E-state index contributed by atoms with van der Waals surface area (Å²) in [5.74, 6) is -1.23. The lowest BCUT2D eigenvalue weighted by molar-refractivity contribution is -0.136. The van der Waals surface area contributed by atoms with Crippen LogP contribution in [0.15, 0.2) is 34.4 Å². The third-order valence-corrected chi connectivity index (χ3v) is 4.57. The Hall–Kier alpha value is -2.43. The van der Waals surface area contributed by atoms with Crippen LogP contribution in [0.2, 0.25) is 0 Å². The van der Waals surface area contributed by atoms with Gasteiger partial charge in [-0.15, -0.1) is 0 Å². The summed E-state index contributed by atoms with van der Waals surface area (Å²) in [6.07, 6.45) is 0. The van der Waals surface area contributed by atoms with Crippen LogP contribution in [0.25, 0.3) is 0 Å². The zero-order valence-corrected chi connectivity index (χ0v) is 14.5. The Morgan fingerprint density at radius 1 is 1.40 bits per heavy atom. The van der Waals surface area contributed by atoms with Crippen LogP contribution in [0, 0.1) is 6.92 Å². The first-order valence-electron chi connectivity index (χ1n) is 7.25. The van der Waals surface area contributed by atoms with Crippen LogP contribution in [0.3, 0.4) is 0 Å². The number of ether oxygens (including phenoxy) is 1. The van der Waals surface area contributed by atoms with Crippen molar-refractivity contribution in [3.05, 3.63) is 35.0 Å². The van der Waals surface area contributed by atoms with E-state index >= 15 is 0 Å². The first-order chi connectivity index (χ1) is 11.7. The van der Waals surface area contributed by atoms with E-state index in [-0.39, 0.29) is 41.5 Å². The zero-order valence-electron chi connectivity index (χ0n) is 13.6. The molecule has 0 atom stereocenters. The summed E-state index contributed by atoms with van der Waals surface area (Å²) in [6.45, 7) is 1.39. The maximum absolute atomic E-state index is 12.4. The zero-order chi connectivity index (χ0) is 18.8. The van der Waals surface area contributed by atoms with Gasteiger partial charge in [0.25, 0.3) is 16.0 Å². The number of methoxy groups -OCH3 is 1. The number of hydrogen-bond acceptors (Lipinski definition) is 7.